The average Bonchev–Trinajstić information content (AvgIpc) is 3.43. The van der Waals surface area contributed by atoms with Gasteiger partial charge in [-0.15, -0.1) is 0 Å². The van der Waals surface area contributed by atoms with E-state index in [0.29, 0.717) is 0 Å². The van der Waals surface area contributed by atoms with Crippen LogP contribution >= 0.6 is 0 Å². The van der Waals surface area contributed by atoms with Crippen molar-refractivity contribution in [1.29, 1.82) is 0 Å². The Labute approximate surface area is 405 Å². The molecule has 0 saturated carbocycles. The lowest BCUT2D eigenvalue weighted by Gasteiger charge is -1.98. The third-order valence-corrected chi connectivity index (χ3v) is 7.64. The molecule has 66 heavy (non-hydrogen) atoms. The summed E-state index contributed by atoms with van der Waals surface area (Å²) in [5.74, 6) is 0. The fourth-order valence-electron chi connectivity index (χ4n) is 4.55. The maximum atomic E-state index is 2.12. The SMILES string of the molecule is CC.CC.CC.CC.Cc1ccccc1.Cc1ccccc1.Cc1ccccc1.Cc1ccccc1.c1ccc(-c2ccccc2)cc1.c1ccccc1.c1ccccc1.c1ccccc1. The summed E-state index contributed by atoms with van der Waals surface area (Å²) in [6.07, 6.45) is 0. The molecule has 0 unspecified atom stereocenters. The maximum Gasteiger partial charge on any atom is -0.0184 e. The predicted molar refractivity (Wildman–Crippen MR) is 301 cm³/mol. The number of hydrogen-bond acceptors (Lipinski definition) is 0. The van der Waals surface area contributed by atoms with E-state index in [9.17, 15) is 0 Å². The van der Waals surface area contributed by atoms with Crippen molar-refractivity contribution in [3.05, 3.63) is 313 Å². The minimum atomic E-state index is 1.28. The predicted octanol–water partition coefficient (Wildman–Crippen LogP) is 20.5. The topological polar surface area (TPSA) is 0 Å². The average molecular weight is 877 g/mol. The van der Waals surface area contributed by atoms with Gasteiger partial charge in [-0.1, -0.05) is 369 Å². The standard InChI is InChI=1S/C12H10.4C7H8.3C6H6.4C2H6/c1-3-7-11(8-4-1)12-9-5-2-6-10-12;4*1-7-5-3-2-4-6-7;3*1-2-4-6-5-3-1;4*1-2/h1-10H;4*2-6H,1H3;3*1-6H;4*1-2H3. The minimum absolute atomic E-state index is 1.28. The van der Waals surface area contributed by atoms with Crippen LogP contribution in [0.1, 0.15) is 77.6 Å². The lowest BCUT2D eigenvalue weighted by Crippen LogP contribution is -1.73. The second-order valence-corrected chi connectivity index (χ2v) is 12.8. The Morgan fingerprint density at radius 2 is 0.227 bits per heavy atom. The number of benzene rings is 9. The van der Waals surface area contributed by atoms with E-state index in [0.717, 1.165) is 0 Å². The van der Waals surface area contributed by atoms with E-state index < -0.39 is 0 Å². The summed E-state index contributed by atoms with van der Waals surface area (Å²) in [5, 5.41) is 0. The van der Waals surface area contributed by atoms with Gasteiger partial charge in [0.05, 0.1) is 0 Å². The van der Waals surface area contributed by atoms with Gasteiger partial charge in [-0.3, -0.25) is 0 Å². The zero-order valence-corrected chi connectivity index (χ0v) is 42.7. The molecule has 0 aliphatic heterocycles. The summed E-state index contributed by atoms with van der Waals surface area (Å²) in [6.45, 7) is 24.3. The molecule has 9 aromatic rings. The van der Waals surface area contributed by atoms with Gasteiger partial charge in [0.2, 0.25) is 0 Å². The molecular weight excluding hydrogens is 793 g/mol. The highest BCUT2D eigenvalue weighted by Crippen LogP contribution is 2.17. The highest BCUT2D eigenvalue weighted by atomic mass is 14.0. The van der Waals surface area contributed by atoms with Gasteiger partial charge in [-0.05, 0) is 38.8 Å². The van der Waals surface area contributed by atoms with Gasteiger partial charge in [0.1, 0.15) is 0 Å². The van der Waals surface area contributed by atoms with Crippen LogP contribution in [0.2, 0.25) is 0 Å². The van der Waals surface area contributed by atoms with Gasteiger partial charge < -0.3 is 0 Å². The van der Waals surface area contributed by atoms with Crippen LogP contribution in [0.5, 0.6) is 0 Å². The molecule has 348 valence electrons. The summed E-state index contributed by atoms with van der Waals surface area (Å²) in [7, 11) is 0. The fraction of sp³-hybridized carbons (Fsp3) is 0.182. The highest BCUT2D eigenvalue weighted by molar-refractivity contribution is 5.62. The second-order valence-electron chi connectivity index (χ2n) is 12.8. The number of aryl methyl sites for hydroxylation is 4. The summed E-state index contributed by atoms with van der Waals surface area (Å²) >= 11 is 0. The molecule has 0 heterocycles. The van der Waals surface area contributed by atoms with Crippen LogP contribution in [0.25, 0.3) is 11.1 Å². The lowest BCUT2D eigenvalue weighted by atomic mass is 10.1. The van der Waals surface area contributed by atoms with Gasteiger partial charge in [0.25, 0.3) is 0 Å². The van der Waals surface area contributed by atoms with E-state index in [1.165, 1.54) is 33.4 Å². The normalized spacial score (nSPS) is 8.00. The zero-order chi connectivity index (χ0) is 49.4. The third-order valence-electron chi connectivity index (χ3n) is 7.64. The fourth-order valence-corrected chi connectivity index (χ4v) is 4.55. The van der Waals surface area contributed by atoms with Crippen molar-refractivity contribution in [3.63, 3.8) is 0 Å². The van der Waals surface area contributed by atoms with Crippen molar-refractivity contribution in [3.8, 4) is 11.1 Å². The van der Waals surface area contributed by atoms with Gasteiger partial charge in [0, 0.05) is 0 Å². The van der Waals surface area contributed by atoms with Crippen LogP contribution in [0, 0.1) is 27.7 Å². The van der Waals surface area contributed by atoms with Crippen molar-refractivity contribution in [2.24, 2.45) is 0 Å². The largest absolute Gasteiger partial charge is 0.0683 e. The van der Waals surface area contributed by atoms with Crippen molar-refractivity contribution in [1.82, 2.24) is 0 Å². The van der Waals surface area contributed by atoms with E-state index in [-0.39, 0.29) is 0 Å². The summed E-state index contributed by atoms with van der Waals surface area (Å²) in [4.78, 5) is 0. The Balaban J connectivity index is -0.000000679. The maximum absolute atomic E-state index is 2.12. The number of rotatable bonds is 1. The quantitative estimate of drug-likeness (QED) is 0.154. The van der Waals surface area contributed by atoms with Crippen molar-refractivity contribution in [2.45, 2.75) is 83.1 Å². The van der Waals surface area contributed by atoms with E-state index in [1.54, 1.807) is 0 Å². The molecule has 0 nitrogen and oxygen atoms in total. The number of hydrogen-bond donors (Lipinski definition) is 0. The molecule has 0 spiro atoms. The monoisotopic (exact) mass is 877 g/mol. The molecule has 0 saturated heterocycles. The first-order valence-electron chi connectivity index (χ1n) is 23.7. The van der Waals surface area contributed by atoms with Gasteiger partial charge in [0.15, 0.2) is 0 Å². The van der Waals surface area contributed by atoms with Crippen molar-refractivity contribution < 1.29 is 0 Å². The minimum Gasteiger partial charge on any atom is -0.0683 e. The molecule has 0 atom stereocenters. The van der Waals surface area contributed by atoms with Crippen molar-refractivity contribution in [2.75, 3.05) is 0 Å². The molecule has 0 aliphatic carbocycles. The van der Waals surface area contributed by atoms with Crippen LogP contribution in [0.15, 0.2) is 291 Å². The Morgan fingerprint density at radius 3 is 0.318 bits per heavy atom. The van der Waals surface area contributed by atoms with Crippen LogP contribution in [-0.4, -0.2) is 0 Å². The molecule has 0 N–H and O–H groups in total. The Hall–Kier alpha value is -7.02. The first kappa shape index (κ1) is 63.3. The van der Waals surface area contributed by atoms with Gasteiger partial charge in [-0.25, -0.2) is 0 Å². The summed E-state index contributed by atoms with van der Waals surface area (Å²) < 4.78 is 0. The molecule has 0 radical (unpaired) electrons. The Morgan fingerprint density at radius 1 is 0.136 bits per heavy atom. The third kappa shape index (κ3) is 45.0. The van der Waals surface area contributed by atoms with E-state index in [1.807, 2.05) is 250 Å². The van der Waals surface area contributed by atoms with E-state index >= 15 is 0 Å². The molecule has 0 aliphatic rings. The molecule has 9 aromatic carbocycles. The van der Waals surface area contributed by atoms with Gasteiger partial charge >= 0.3 is 0 Å². The van der Waals surface area contributed by atoms with Gasteiger partial charge in [-0.2, -0.15) is 0 Å². The molecule has 0 bridgehead atoms. The van der Waals surface area contributed by atoms with E-state index in [4.69, 9.17) is 0 Å². The second kappa shape index (κ2) is 54.1. The highest BCUT2D eigenvalue weighted by Gasteiger charge is 1.91. The Bertz CT molecular complexity index is 1740. The van der Waals surface area contributed by atoms with Crippen LogP contribution in [-0.2, 0) is 0 Å². The van der Waals surface area contributed by atoms with Crippen LogP contribution in [0.3, 0.4) is 0 Å². The molecule has 0 aromatic heterocycles. The van der Waals surface area contributed by atoms with Crippen LogP contribution in [0.4, 0.5) is 0 Å². The first-order chi connectivity index (χ1) is 32.5. The van der Waals surface area contributed by atoms with Crippen molar-refractivity contribution >= 4 is 0 Å². The zero-order valence-electron chi connectivity index (χ0n) is 42.7. The van der Waals surface area contributed by atoms with Crippen LogP contribution < -0.4 is 0 Å². The summed E-state index contributed by atoms with van der Waals surface area (Å²) in [5.41, 5.74) is 7.84. The summed E-state index contributed by atoms with van der Waals surface area (Å²) in [6, 6.07) is 97.8. The molecular formula is C66H84. The lowest BCUT2D eigenvalue weighted by molar-refractivity contribution is 1.48. The smallest absolute Gasteiger partial charge is 0.0184 e. The molecule has 0 heteroatoms. The molecule has 0 amide bonds. The molecule has 9 rings (SSSR count). The first-order valence-corrected chi connectivity index (χ1v) is 23.7. The van der Waals surface area contributed by atoms with E-state index in [2.05, 4.69) is 125 Å². The molecule has 0 fully saturated rings. The Kier molecular flexibility index (Phi) is 51.9.